The van der Waals surface area contributed by atoms with Crippen molar-refractivity contribution in [3.63, 3.8) is 0 Å². The molecule has 1 rings (SSSR count). The third-order valence-corrected chi connectivity index (χ3v) is 4.62. The van der Waals surface area contributed by atoms with Crippen LogP contribution in [-0.2, 0) is 10.0 Å². The summed E-state index contributed by atoms with van der Waals surface area (Å²) < 4.78 is 26.8. The van der Waals surface area contributed by atoms with Crippen molar-refractivity contribution < 1.29 is 8.42 Å². The van der Waals surface area contributed by atoms with Crippen molar-refractivity contribution in [2.45, 2.75) is 31.2 Å². The topological polar surface area (TPSA) is 74.3 Å². The van der Waals surface area contributed by atoms with Gasteiger partial charge < -0.3 is 10.2 Å². The summed E-state index contributed by atoms with van der Waals surface area (Å²) in [4.78, 5) is 6.41. The molecule has 6 nitrogen and oxygen atoms in total. The predicted molar refractivity (Wildman–Crippen MR) is 81.4 cm³/mol. The van der Waals surface area contributed by atoms with Crippen molar-refractivity contribution in [3.05, 3.63) is 18.3 Å². The van der Waals surface area contributed by atoms with Gasteiger partial charge in [-0.1, -0.05) is 0 Å². The van der Waals surface area contributed by atoms with Gasteiger partial charge in [0.15, 0.2) is 0 Å². The molecule has 0 saturated heterocycles. The molecule has 0 aliphatic rings. The first kappa shape index (κ1) is 16.9. The van der Waals surface area contributed by atoms with Crippen LogP contribution >= 0.6 is 0 Å². The zero-order chi connectivity index (χ0) is 15.2. The largest absolute Gasteiger partial charge is 0.373 e. The maximum Gasteiger partial charge on any atom is 0.240 e. The molecule has 0 bridgehead atoms. The zero-order valence-corrected chi connectivity index (χ0v) is 13.4. The van der Waals surface area contributed by atoms with Crippen molar-refractivity contribution in [1.29, 1.82) is 0 Å². The molecule has 20 heavy (non-hydrogen) atoms. The molecule has 0 radical (unpaired) electrons. The lowest BCUT2D eigenvalue weighted by Crippen LogP contribution is -2.31. The minimum absolute atomic E-state index is 0.231. The van der Waals surface area contributed by atoms with Gasteiger partial charge in [0.25, 0.3) is 0 Å². The zero-order valence-electron chi connectivity index (χ0n) is 12.5. The van der Waals surface area contributed by atoms with Gasteiger partial charge in [0, 0.05) is 31.9 Å². The fourth-order valence-electron chi connectivity index (χ4n) is 1.59. The highest BCUT2D eigenvalue weighted by molar-refractivity contribution is 7.89. The lowest BCUT2D eigenvalue weighted by atomic mass is 10.3. The van der Waals surface area contributed by atoms with Crippen LogP contribution in [-0.4, -0.2) is 51.5 Å². The summed E-state index contributed by atoms with van der Waals surface area (Å²) in [5, 5.41) is 2.82. The number of hydrogen-bond acceptors (Lipinski definition) is 5. The number of aromatic nitrogens is 1. The highest BCUT2D eigenvalue weighted by Gasteiger charge is 2.14. The molecule has 0 aliphatic carbocycles. The second-order valence-electron chi connectivity index (χ2n) is 4.95. The van der Waals surface area contributed by atoms with Crippen molar-refractivity contribution in [1.82, 2.24) is 14.6 Å². The Hall–Kier alpha value is -1.18. The molecule has 1 heterocycles. The summed E-state index contributed by atoms with van der Waals surface area (Å²) in [7, 11) is 0.272. The van der Waals surface area contributed by atoms with Gasteiger partial charge in [-0.3, -0.25) is 0 Å². The molecule has 114 valence electrons. The van der Waals surface area contributed by atoms with Gasteiger partial charge >= 0.3 is 0 Å². The molecule has 0 saturated carbocycles. The quantitative estimate of drug-likeness (QED) is 0.704. The first-order valence-electron chi connectivity index (χ1n) is 6.70. The molecule has 0 spiro atoms. The van der Waals surface area contributed by atoms with E-state index < -0.39 is 10.0 Å². The van der Waals surface area contributed by atoms with E-state index in [1.54, 1.807) is 7.05 Å². The van der Waals surface area contributed by atoms with Crippen LogP contribution in [0.1, 0.15) is 20.3 Å². The summed E-state index contributed by atoms with van der Waals surface area (Å²) in [6.45, 7) is 5.51. The molecule has 2 N–H and O–H groups in total. The number of nitrogens with one attached hydrogen (secondary N) is 2. The second-order valence-corrected chi connectivity index (χ2v) is 6.72. The highest BCUT2D eigenvalue weighted by atomic mass is 32.2. The fourth-order valence-corrected chi connectivity index (χ4v) is 2.68. The molecule has 0 unspecified atom stereocenters. The van der Waals surface area contributed by atoms with Gasteiger partial charge in [0.05, 0.1) is 4.90 Å². The first-order chi connectivity index (χ1) is 9.36. The number of anilines is 1. The average molecular weight is 300 g/mol. The van der Waals surface area contributed by atoms with Crippen LogP contribution in [0.15, 0.2) is 23.2 Å². The van der Waals surface area contributed by atoms with Gasteiger partial charge in [0.1, 0.15) is 5.82 Å². The Morgan fingerprint density at radius 1 is 1.40 bits per heavy atom. The number of nitrogens with zero attached hydrogens (tertiary/aromatic N) is 2. The number of pyridine rings is 1. The Bertz CT molecular complexity index is 517. The third kappa shape index (κ3) is 5.07. The van der Waals surface area contributed by atoms with E-state index in [4.69, 9.17) is 0 Å². The normalized spacial score (nSPS) is 12.1. The van der Waals surface area contributed by atoms with Crippen LogP contribution in [0.3, 0.4) is 0 Å². The Balaban J connectivity index is 2.53. The molecule has 0 atom stereocenters. The maximum absolute atomic E-state index is 12.1. The van der Waals surface area contributed by atoms with Gasteiger partial charge in [-0.2, -0.15) is 0 Å². The molecule has 0 amide bonds. The minimum Gasteiger partial charge on any atom is -0.373 e. The van der Waals surface area contributed by atoms with E-state index in [1.165, 1.54) is 18.3 Å². The van der Waals surface area contributed by atoms with E-state index in [1.807, 2.05) is 7.05 Å². The Morgan fingerprint density at radius 3 is 2.70 bits per heavy atom. The summed E-state index contributed by atoms with van der Waals surface area (Å²) in [6.07, 6.45) is 2.25. The third-order valence-electron chi connectivity index (χ3n) is 3.16. The van der Waals surface area contributed by atoms with E-state index in [-0.39, 0.29) is 4.90 Å². The van der Waals surface area contributed by atoms with E-state index in [9.17, 15) is 8.42 Å². The Labute approximate surface area is 121 Å². The van der Waals surface area contributed by atoms with Crippen molar-refractivity contribution in [2.75, 3.05) is 32.5 Å². The van der Waals surface area contributed by atoms with Crippen LogP contribution in [0.25, 0.3) is 0 Å². The van der Waals surface area contributed by atoms with Crippen LogP contribution in [0.4, 0.5) is 5.82 Å². The molecule has 0 aromatic carbocycles. The molecule has 0 aliphatic heterocycles. The second kappa shape index (κ2) is 7.56. The summed E-state index contributed by atoms with van der Waals surface area (Å²) in [5.74, 6) is 0.535. The maximum atomic E-state index is 12.1. The van der Waals surface area contributed by atoms with Crippen molar-refractivity contribution >= 4 is 15.8 Å². The van der Waals surface area contributed by atoms with Crippen LogP contribution in [0.5, 0.6) is 0 Å². The number of hydrogen-bond donors (Lipinski definition) is 2. The van der Waals surface area contributed by atoms with Crippen molar-refractivity contribution in [2.24, 2.45) is 0 Å². The number of rotatable bonds is 8. The molecule has 7 heteroatoms. The lowest BCUT2D eigenvalue weighted by Gasteiger charge is -2.20. The van der Waals surface area contributed by atoms with Gasteiger partial charge in [-0.25, -0.2) is 18.1 Å². The average Bonchev–Trinajstić information content (AvgIpc) is 2.43. The Kier molecular flexibility index (Phi) is 6.38. The molecular weight excluding hydrogens is 276 g/mol. The predicted octanol–water partition coefficient (Wildman–Crippen LogP) is 1.13. The van der Waals surface area contributed by atoms with Gasteiger partial charge in [-0.15, -0.1) is 0 Å². The number of sulfonamides is 1. The lowest BCUT2D eigenvalue weighted by molar-refractivity contribution is 0.271. The van der Waals surface area contributed by atoms with Crippen LogP contribution in [0.2, 0.25) is 0 Å². The van der Waals surface area contributed by atoms with Crippen LogP contribution in [0, 0.1) is 0 Å². The monoisotopic (exact) mass is 300 g/mol. The standard InChI is InChI=1S/C13H24N4O2S/c1-11(2)17(4)9-5-7-16-20(18,19)12-6-8-15-13(10-12)14-3/h6,8,10-11,16H,5,7,9H2,1-4H3,(H,14,15). The van der Waals surface area contributed by atoms with E-state index >= 15 is 0 Å². The van der Waals surface area contributed by atoms with E-state index in [0.717, 1.165) is 13.0 Å². The highest BCUT2D eigenvalue weighted by Crippen LogP contribution is 2.11. The Morgan fingerprint density at radius 2 is 2.10 bits per heavy atom. The van der Waals surface area contributed by atoms with Crippen molar-refractivity contribution in [3.8, 4) is 0 Å². The fraction of sp³-hybridized carbons (Fsp3) is 0.615. The first-order valence-corrected chi connectivity index (χ1v) is 8.19. The molecule has 1 aromatic rings. The smallest absolute Gasteiger partial charge is 0.240 e. The van der Waals surface area contributed by atoms with E-state index in [2.05, 4.69) is 33.8 Å². The molecular formula is C13H24N4O2S. The van der Waals surface area contributed by atoms with E-state index in [0.29, 0.717) is 18.4 Å². The molecule has 1 aromatic heterocycles. The van der Waals surface area contributed by atoms with Gasteiger partial charge in [-0.05, 0) is 39.9 Å². The molecule has 0 fully saturated rings. The SMILES string of the molecule is CNc1cc(S(=O)(=O)NCCCN(C)C(C)C)ccn1. The van der Waals surface area contributed by atoms with Crippen LogP contribution < -0.4 is 10.0 Å². The summed E-state index contributed by atoms with van der Waals surface area (Å²) in [6, 6.07) is 3.47. The van der Waals surface area contributed by atoms with Gasteiger partial charge in [0.2, 0.25) is 10.0 Å². The summed E-state index contributed by atoms with van der Waals surface area (Å²) in [5.41, 5.74) is 0. The minimum atomic E-state index is -3.46. The summed E-state index contributed by atoms with van der Waals surface area (Å²) >= 11 is 0.